The van der Waals surface area contributed by atoms with Crippen molar-refractivity contribution in [2.75, 3.05) is 20.3 Å². The molecule has 21 heavy (non-hydrogen) atoms. The van der Waals surface area contributed by atoms with E-state index in [1.165, 1.54) is 7.11 Å². The van der Waals surface area contributed by atoms with Crippen LogP contribution in [-0.2, 0) is 4.74 Å². The molecule has 2 aromatic rings. The fourth-order valence-electron chi connectivity index (χ4n) is 1.76. The van der Waals surface area contributed by atoms with Gasteiger partial charge >= 0.3 is 5.97 Å². The highest BCUT2D eigenvalue weighted by atomic mass is 16.5. The summed E-state index contributed by atoms with van der Waals surface area (Å²) in [6, 6.07) is 16.5. The number of carbonyl (C=O) groups excluding carboxylic acids is 1. The molecule has 2 aromatic carbocycles. The number of benzene rings is 2. The van der Waals surface area contributed by atoms with E-state index in [1.54, 1.807) is 24.3 Å². The maximum atomic E-state index is 11.3. The van der Waals surface area contributed by atoms with Crippen molar-refractivity contribution in [3.05, 3.63) is 60.2 Å². The van der Waals surface area contributed by atoms with Gasteiger partial charge in [0.15, 0.2) is 0 Å². The molecule has 0 saturated heterocycles. The summed E-state index contributed by atoms with van der Waals surface area (Å²) in [6.45, 7) is 1.16. The number of methoxy groups -OCH3 is 1. The Balaban J connectivity index is 1.68. The van der Waals surface area contributed by atoms with Gasteiger partial charge in [0.1, 0.15) is 11.5 Å². The van der Waals surface area contributed by atoms with Crippen molar-refractivity contribution < 1.29 is 19.0 Å². The molecule has 4 nitrogen and oxygen atoms in total. The second-order valence-corrected chi connectivity index (χ2v) is 4.38. The molecule has 0 radical (unpaired) electrons. The first-order chi connectivity index (χ1) is 10.3. The van der Waals surface area contributed by atoms with E-state index in [2.05, 4.69) is 4.74 Å². The van der Waals surface area contributed by atoms with Gasteiger partial charge in [-0.25, -0.2) is 4.79 Å². The highest BCUT2D eigenvalue weighted by Crippen LogP contribution is 2.13. The lowest BCUT2D eigenvalue weighted by Crippen LogP contribution is -2.05. The highest BCUT2D eigenvalue weighted by molar-refractivity contribution is 5.89. The second-order valence-electron chi connectivity index (χ2n) is 4.38. The van der Waals surface area contributed by atoms with Crippen LogP contribution in [-0.4, -0.2) is 26.3 Å². The Morgan fingerprint density at radius 2 is 1.43 bits per heavy atom. The maximum absolute atomic E-state index is 11.3. The molecule has 0 unspecified atom stereocenters. The molecule has 0 atom stereocenters. The Kier molecular flexibility index (Phi) is 5.64. The van der Waals surface area contributed by atoms with Crippen LogP contribution < -0.4 is 9.47 Å². The molecule has 0 bridgehead atoms. The number of carbonyl (C=O) groups is 1. The summed E-state index contributed by atoms with van der Waals surface area (Å²) in [7, 11) is 1.36. The Hall–Kier alpha value is -2.49. The summed E-state index contributed by atoms with van der Waals surface area (Å²) in [5.41, 5.74) is 0.511. The SMILES string of the molecule is COC(=O)c1ccc(OCCCOc2ccccc2)cc1. The third-order valence-electron chi connectivity index (χ3n) is 2.84. The minimum atomic E-state index is -0.349. The number of hydrogen-bond acceptors (Lipinski definition) is 4. The minimum absolute atomic E-state index is 0.349. The van der Waals surface area contributed by atoms with Crippen LogP contribution in [0.4, 0.5) is 0 Å². The van der Waals surface area contributed by atoms with Crippen molar-refractivity contribution in [1.82, 2.24) is 0 Å². The van der Waals surface area contributed by atoms with Crippen LogP contribution in [0.5, 0.6) is 11.5 Å². The molecule has 4 heteroatoms. The second kappa shape index (κ2) is 7.94. The van der Waals surface area contributed by atoms with Gasteiger partial charge < -0.3 is 14.2 Å². The number of rotatable bonds is 7. The summed E-state index contributed by atoms with van der Waals surface area (Å²) in [5.74, 6) is 1.24. The number of hydrogen-bond donors (Lipinski definition) is 0. The fourth-order valence-corrected chi connectivity index (χ4v) is 1.76. The summed E-state index contributed by atoms with van der Waals surface area (Å²) in [6.07, 6.45) is 0.785. The first-order valence-electron chi connectivity index (χ1n) is 6.78. The molecule has 2 rings (SSSR count). The van der Waals surface area contributed by atoms with Crippen molar-refractivity contribution in [3.8, 4) is 11.5 Å². The maximum Gasteiger partial charge on any atom is 0.337 e. The van der Waals surface area contributed by atoms with Crippen molar-refractivity contribution in [2.45, 2.75) is 6.42 Å². The molecule has 0 amide bonds. The van der Waals surface area contributed by atoms with E-state index >= 15 is 0 Å². The van der Waals surface area contributed by atoms with E-state index < -0.39 is 0 Å². The van der Waals surface area contributed by atoms with E-state index in [-0.39, 0.29) is 5.97 Å². The van der Waals surface area contributed by atoms with Crippen molar-refractivity contribution in [1.29, 1.82) is 0 Å². The molecule has 0 heterocycles. The zero-order valence-electron chi connectivity index (χ0n) is 12.0. The topological polar surface area (TPSA) is 44.8 Å². The van der Waals surface area contributed by atoms with Crippen LogP contribution in [0.1, 0.15) is 16.8 Å². The van der Waals surface area contributed by atoms with Crippen molar-refractivity contribution in [2.24, 2.45) is 0 Å². The summed E-state index contributed by atoms with van der Waals surface area (Å²) < 4.78 is 15.8. The molecular formula is C17H18O4. The molecule has 0 aliphatic heterocycles. The van der Waals surface area contributed by atoms with Gasteiger partial charge in [-0.3, -0.25) is 0 Å². The third kappa shape index (κ3) is 4.84. The average Bonchev–Trinajstić information content (AvgIpc) is 2.55. The smallest absolute Gasteiger partial charge is 0.337 e. The molecule has 0 fully saturated rings. The van der Waals surface area contributed by atoms with Gasteiger partial charge in [0.2, 0.25) is 0 Å². The molecule has 0 saturated carbocycles. The predicted molar refractivity (Wildman–Crippen MR) is 79.8 cm³/mol. The lowest BCUT2D eigenvalue weighted by molar-refractivity contribution is 0.0600. The van der Waals surface area contributed by atoms with Crippen LogP contribution in [0.25, 0.3) is 0 Å². The van der Waals surface area contributed by atoms with Gasteiger partial charge in [0.25, 0.3) is 0 Å². The third-order valence-corrected chi connectivity index (χ3v) is 2.84. The van der Waals surface area contributed by atoms with Gasteiger partial charge in [-0.05, 0) is 36.4 Å². The zero-order chi connectivity index (χ0) is 14.9. The zero-order valence-corrected chi connectivity index (χ0v) is 12.0. The summed E-state index contributed by atoms with van der Waals surface area (Å²) >= 11 is 0. The van der Waals surface area contributed by atoms with Crippen LogP contribution in [0.15, 0.2) is 54.6 Å². The van der Waals surface area contributed by atoms with Gasteiger partial charge in [-0.15, -0.1) is 0 Å². The van der Waals surface area contributed by atoms with E-state index in [1.807, 2.05) is 30.3 Å². The molecular weight excluding hydrogens is 268 g/mol. The predicted octanol–water partition coefficient (Wildman–Crippen LogP) is 3.32. The standard InChI is InChI=1S/C17H18O4/c1-19-17(18)14-8-10-16(11-9-14)21-13-5-12-20-15-6-3-2-4-7-15/h2-4,6-11H,5,12-13H2,1H3. The number of para-hydroxylation sites is 1. The Labute approximate surface area is 124 Å². The first kappa shape index (κ1) is 14.9. The van der Waals surface area contributed by atoms with Gasteiger partial charge in [0, 0.05) is 6.42 Å². The van der Waals surface area contributed by atoms with Crippen molar-refractivity contribution in [3.63, 3.8) is 0 Å². The molecule has 110 valence electrons. The van der Waals surface area contributed by atoms with E-state index in [9.17, 15) is 4.79 Å². The van der Waals surface area contributed by atoms with Crippen molar-refractivity contribution >= 4 is 5.97 Å². The van der Waals surface area contributed by atoms with Gasteiger partial charge in [-0.1, -0.05) is 18.2 Å². The quantitative estimate of drug-likeness (QED) is 0.578. The van der Waals surface area contributed by atoms with Crippen LogP contribution in [0.2, 0.25) is 0 Å². The molecule has 0 aliphatic carbocycles. The van der Waals surface area contributed by atoms with Crippen LogP contribution in [0.3, 0.4) is 0 Å². The number of esters is 1. The van der Waals surface area contributed by atoms with Crippen LogP contribution >= 0.6 is 0 Å². The molecule has 0 aliphatic rings. The Morgan fingerprint density at radius 3 is 2.00 bits per heavy atom. The first-order valence-corrected chi connectivity index (χ1v) is 6.78. The Bertz CT molecular complexity index is 549. The van der Waals surface area contributed by atoms with Gasteiger partial charge in [0.05, 0.1) is 25.9 Å². The summed E-state index contributed by atoms with van der Waals surface area (Å²) in [5, 5.41) is 0. The largest absolute Gasteiger partial charge is 0.493 e. The fraction of sp³-hybridized carbons (Fsp3) is 0.235. The minimum Gasteiger partial charge on any atom is -0.493 e. The number of ether oxygens (including phenoxy) is 3. The van der Waals surface area contributed by atoms with Crippen LogP contribution in [0, 0.1) is 0 Å². The average molecular weight is 286 g/mol. The monoisotopic (exact) mass is 286 g/mol. The normalized spacial score (nSPS) is 9.95. The van der Waals surface area contributed by atoms with Gasteiger partial charge in [-0.2, -0.15) is 0 Å². The van der Waals surface area contributed by atoms with E-state index in [0.29, 0.717) is 18.8 Å². The molecule has 0 spiro atoms. The highest BCUT2D eigenvalue weighted by Gasteiger charge is 2.04. The van der Waals surface area contributed by atoms with E-state index in [0.717, 1.165) is 17.9 Å². The lowest BCUT2D eigenvalue weighted by atomic mass is 10.2. The molecule has 0 aromatic heterocycles. The molecule has 0 N–H and O–H groups in total. The summed E-state index contributed by atoms with van der Waals surface area (Å²) in [4.78, 5) is 11.3. The Morgan fingerprint density at radius 1 is 0.857 bits per heavy atom. The van der Waals surface area contributed by atoms with E-state index in [4.69, 9.17) is 9.47 Å². The lowest BCUT2D eigenvalue weighted by Gasteiger charge is -2.08.